The van der Waals surface area contributed by atoms with E-state index in [9.17, 15) is 4.79 Å². The number of hydrogen-bond donors (Lipinski definition) is 0. The molecule has 2 saturated heterocycles. The first kappa shape index (κ1) is 16.4. The highest BCUT2D eigenvalue weighted by Gasteiger charge is 2.41. The van der Waals surface area contributed by atoms with E-state index in [0.29, 0.717) is 62.8 Å². The second kappa shape index (κ2) is 6.65. The van der Waals surface area contributed by atoms with E-state index < -0.39 is 5.79 Å². The molecule has 2 fully saturated rings. The van der Waals surface area contributed by atoms with Crippen LogP contribution < -0.4 is 0 Å². The van der Waals surface area contributed by atoms with E-state index >= 15 is 0 Å². The minimum atomic E-state index is -0.472. The minimum absolute atomic E-state index is 0.00611. The zero-order valence-corrected chi connectivity index (χ0v) is 14.4. The van der Waals surface area contributed by atoms with Crippen LogP contribution in [0.2, 0.25) is 0 Å². The van der Waals surface area contributed by atoms with Gasteiger partial charge in [-0.2, -0.15) is 5.10 Å². The quantitative estimate of drug-likeness (QED) is 0.852. The molecule has 1 spiro atoms. The van der Waals surface area contributed by atoms with Crippen molar-refractivity contribution in [1.82, 2.24) is 14.7 Å². The number of nitrogens with zero attached hydrogens (tertiary/aromatic N) is 3. The smallest absolute Gasteiger partial charge is 0.272 e. The van der Waals surface area contributed by atoms with Crippen molar-refractivity contribution in [3.63, 3.8) is 0 Å². The molecule has 4 heterocycles. The molecule has 2 aromatic rings. The average Bonchev–Trinajstić information content (AvgIpc) is 3.36. The molecule has 0 unspecified atom stereocenters. The molecule has 2 aliphatic rings. The van der Waals surface area contributed by atoms with Crippen LogP contribution in [0.15, 0.2) is 28.9 Å². The van der Waals surface area contributed by atoms with Gasteiger partial charge in [0.2, 0.25) is 0 Å². The molecule has 0 aliphatic carbocycles. The Hall–Kier alpha value is -2.12. The van der Waals surface area contributed by atoms with Crippen molar-refractivity contribution >= 4 is 5.91 Å². The number of carbonyl (C=O) groups excluding carboxylic acids is 1. The van der Waals surface area contributed by atoms with Crippen molar-refractivity contribution in [2.24, 2.45) is 0 Å². The Morgan fingerprint density at radius 3 is 2.68 bits per heavy atom. The van der Waals surface area contributed by atoms with Gasteiger partial charge in [-0.3, -0.25) is 9.48 Å². The summed E-state index contributed by atoms with van der Waals surface area (Å²) >= 11 is 0. The second-order valence-electron chi connectivity index (χ2n) is 6.52. The van der Waals surface area contributed by atoms with Crippen LogP contribution in [-0.2, 0) is 16.0 Å². The maximum absolute atomic E-state index is 13.0. The maximum atomic E-state index is 13.0. The molecule has 4 rings (SSSR count). The lowest BCUT2D eigenvalue weighted by Crippen LogP contribution is -2.47. The molecule has 0 saturated carbocycles. The van der Waals surface area contributed by atoms with E-state index in [-0.39, 0.29) is 5.91 Å². The fraction of sp³-hybridized carbons (Fsp3) is 0.556. The highest BCUT2D eigenvalue weighted by atomic mass is 16.7. The van der Waals surface area contributed by atoms with Gasteiger partial charge in [0.1, 0.15) is 11.4 Å². The summed E-state index contributed by atoms with van der Waals surface area (Å²) in [5, 5.41) is 4.56. The Morgan fingerprint density at radius 1 is 1.28 bits per heavy atom. The number of amides is 1. The average molecular weight is 345 g/mol. The summed E-state index contributed by atoms with van der Waals surface area (Å²) in [7, 11) is 0. The van der Waals surface area contributed by atoms with Gasteiger partial charge in [-0.1, -0.05) is 6.92 Å². The minimum Gasteiger partial charge on any atom is -0.463 e. The van der Waals surface area contributed by atoms with Crippen molar-refractivity contribution in [2.75, 3.05) is 26.3 Å². The van der Waals surface area contributed by atoms with Crippen molar-refractivity contribution < 1.29 is 18.7 Å². The molecule has 2 aromatic heterocycles. The number of piperidine rings is 1. The molecule has 0 aromatic carbocycles. The van der Waals surface area contributed by atoms with E-state index in [2.05, 4.69) is 12.0 Å². The van der Waals surface area contributed by atoms with Crippen LogP contribution in [0.4, 0.5) is 0 Å². The predicted molar refractivity (Wildman–Crippen MR) is 90.0 cm³/mol. The Bertz CT molecular complexity index is 722. The Morgan fingerprint density at radius 2 is 2.04 bits per heavy atom. The number of hydrogen-bond acceptors (Lipinski definition) is 5. The SMILES string of the molecule is CCCn1nc(-c2ccco2)cc1C(=O)N1CCC2(CC1)OCCO2. The van der Waals surface area contributed by atoms with Crippen LogP contribution in [-0.4, -0.2) is 52.7 Å². The van der Waals surface area contributed by atoms with Crippen LogP contribution in [0.3, 0.4) is 0 Å². The fourth-order valence-electron chi connectivity index (χ4n) is 3.51. The first-order chi connectivity index (χ1) is 12.2. The lowest BCUT2D eigenvalue weighted by atomic mass is 10.0. The van der Waals surface area contributed by atoms with Gasteiger partial charge in [-0.15, -0.1) is 0 Å². The number of aromatic nitrogens is 2. The molecule has 7 heteroatoms. The van der Waals surface area contributed by atoms with Gasteiger partial charge in [0.15, 0.2) is 11.5 Å². The molecular formula is C18H23N3O4. The number of rotatable bonds is 4. The third-order valence-corrected chi connectivity index (χ3v) is 4.83. The van der Waals surface area contributed by atoms with Crippen LogP contribution in [0.1, 0.15) is 36.7 Å². The van der Waals surface area contributed by atoms with Gasteiger partial charge in [-0.25, -0.2) is 0 Å². The molecule has 0 N–H and O–H groups in total. The molecule has 0 bridgehead atoms. The highest BCUT2D eigenvalue weighted by molar-refractivity contribution is 5.93. The zero-order valence-electron chi connectivity index (χ0n) is 14.4. The molecule has 2 aliphatic heterocycles. The van der Waals surface area contributed by atoms with Crippen LogP contribution in [0, 0.1) is 0 Å². The summed E-state index contributed by atoms with van der Waals surface area (Å²) in [4.78, 5) is 14.9. The number of aryl methyl sites for hydroxylation is 1. The topological polar surface area (TPSA) is 69.7 Å². The van der Waals surface area contributed by atoms with Crippen LogP contribution in [0.5, 0.6) is 0 Å². The Labute approximate surface area is 146 Å². The number of ether oxygens (including phenoxy) is 2. The summed E-state index contributed by atoms with van der Waals surface area (Å²) in [6.07, 6.45) is 3.95. The third-order valence-electron chi connectivity index (χ3n) is 4.83. The van der Waals surface area contributed by atoms with Crippen LogP contribution >= 0.6 is 0 Å². The van der Waals surface area contributed by atoms with Crippen molar-refractivity contribution in [1.29, 1.82) is 0 Å². The molecule has 7 nitrogen and oxygen atoms in total. The summed E-state index contributed by atoms with van der Waals surface area (Å²) in [5.41, 5.74) is 1.30. The predicted octanol–water partition coefficient (Wildman–Crippen LogP) is 2.53. The lowest BCUT2D eigenvalue weighted by molar-refractivity contribution is -0.181. The van der Waals surface area contributed by atoms with Crippen molar-refractivity contribution in [2.45, 2.75) is 38.5 Å². The zero-order chi connectivity index (χ0) is 17.3. The van der Waals surface area contributed by atoms with Gasteiger partial charge >= 0.3 is 0 Å². The highest BCUT2D eigenvalue weighted by Crippen LogP contribution is 2.32. The van der Waals surface area contributed by atoms with Gasteiger partial charge in [-0.05, 0) is 18.6 Å². The molecule has 0 atom stereocenters. The Kier molecular flexibility index (Phi) is 4.35. The Balaban J connectivity index is 1.53. The third kappa shape index (κ3) is 3.09. The first-order valence-corrected chi connectivity index (χ1v) is 8.90. The standard InChI is InChI=1S/C18H23N3O4/c1-2-7-21-15(13-14(19-21)16-4-3-10-23-16)17(22)20-8-5-18(6-9-20)24-11-12-25-18/h3-4,10,13H,2,5-9,11-12H2,1H3. The summed E-state index contributed by atoms with van der Waals surface area (Å²) in [6.45, 7) is 5.32. The normalized spacial score (nSPS) is 19.6. The lowest BCUT2D eigenvalue weighted by Gasteiger charge is -2.37. The molecular weight excluding hydrogens is 322 g/mol. The summed E-state index contributed by atoms with van der Waals surface area (Å²) < 4.78 is 18.7. The maximum Gasteiger partial charge on any atom is 0.272 e. The molecule has 134 valence electrons. The number of furan rings is 1. The van der Waals surface area contributed by atoms with E-state index in [1.165, 1.54) is 0 Å². The second-order valence-corrected chi connectivity index (χ2v) is 6.52. The van der Waals surface area contributed by atoms with Gasteiger partial charge in [0, 0.05) is 38.5 Å². The summed E-state index contributed by atoms with van der Waals surface area (Å²) in [5.74, 6) is 0.209. The van der Waals surface area contributed by atoms with E-state index in [1.807, 2.05) is 23.1 Å². The van der Waals surface area contributed by atoms with Gasteiger partial charge in [0.25, 0.3) is 5.91 Å². The van der Waals surface area contributed by atoms with E-state index in [4.69, 9.17) is 13.9 Å². The molecule has 1 amide bonds. The largest absolute Gasteiger partial charge is 0.463 e. The first-order valence-electron chi connectivity index (χ1n) is 8.90. The van der Waals surface area contributed by atoms with Crippen molar-refractivity contribution in [3.8, 4) is 11.5 Å². The molecule has 0 radical (unpaired) electrons. The molecule has 25 heavy (non-hydrogen) atoms. The van der Waals surface area contributed by atoms with Gasteiger partial charge in [0.05, 0.1) is 19.5 Å². The van der Waals surface area contributed by atoms with Crippen LogP contribution in [0.25, 0.3) is 11.5 Å². The fourth-order valence-corrected chi connectivity index (χ4v) is 3.51. The number of carbonyl (C=O) groups is 1. The number of likely N-dealkylation sites (tertiary alicyclic amines) is 1. The van der Waals surface area contributed by atoms with E-state index in [0.717, 1.165) is 6.42 Å². The monoisotopic (exact) mass is 345 g/mol. The van der Waals surface area contributed by atoms with E-state index in [1.54, 1.807) is 10.9 Å². The van der Waals surface area contributed by atoms with Gasteiger partial charge < -0.3 is 18.8 Å². The summed E-state index contributed by atoms with van der Waals surface area (Å²) in [6, 6.07) is 5.50. The van der Waals surface area contributed by atoms with Crippen molar-refractivity contribution in [3.05, 3.63) is 30.2 Å².